The van der Waals surface area contributed by atoms with Gasteiger partial charge in [0.1, 0.15) is 0 Å². The molecule has 0 aromatic heterocycles. The molecule has 12 heavy (non-hydrogen) atoms. The highest BCUT2D eigenvalue weighted by atomic mass is 79.9. The smallest absolute Gasteiger partial charge is 0.0604 e. The van der Waals surface area contributed by atoms with Crippen molar-refractivity contribution in [1.29, 1.82) is 0 Å². The summed E-state index contributed by atoms with van der Waals surface area (Å²) in [4.78, 5) is 0. The number of rotatable bonds is 3. The molecule has 0 aliphatic carbocycles. The Morgan fingerprint density at radius 2 is 1.75 bits per heavy atom. The van der Waals surface area contributed by atoms with Crippen LogP contribution in [0.15, 0.2) is 27.1 Å². The third-order valence-corrected chi connectivity index (χ3v) is 2.22. The first-order chi connectivity index (χ1) is 5.72. The van der Waals surface area contributed by atoms with Crippen LogP contribution in [0.5, 0.6) is 0 Å². The number of halogens is 2. The first kappa shape index (κ1) is 10.0. The van der Waals surface area contributed by atoms with Gasteiger partial charge in [0.2, 0.25) is 0 Å². The van der Waals surface area contributed by atoms with Crippen molar-refractivity contribution in [1.82, 2.24) is 0 Å². The first-order valence-electron chi connectivity index (χ1n) is 3.53. The molecule has 1 aromatic carbocycles. The largest absolute Gasteiger partial charge is 0.395 e. The molecule has 0 saturated heterocycles. The zero-order chi connectivity index (χ0) is 8.97. The maximum Gasteiger partial charge on any atom is 0.0604 e. The molecule has 0 bridgehead atoms. The minimum atomic E-state index is 0.143. The zero-order valence-electron chi connectivity index (χ0n) is 6.35. The third-order valence-electron chi connectivity index (χ3n) is 1.30. The highest BCUT2D eigenvalue weighted by Gasteiger charge is 1.95. The lowest BCUT2D eigenvalue weighted by molar-refractivity contribution is 0.311. The Morgan fingerprint density at radius 3 is 2.25 bits per heavy atom. The van der Waals surface area contributed by atoms with Gasteiger partial charge in [-0.15, -0.1) is 0 Å². The Hall–Kier alpha value is -0.0600. The molecule has 2 N–H and O–H groups in total. The summed E-state index contributed by atoms with van der Waals surface area (Å²) in [7, 11) is 0. The van der Waals surface area contributed by atoms with Crippen LogP contribution in [0.25, 0.3) is 0 Å². The molecule has 66 valence electrons. The summed E-state index contributed by atoms with van der Waals surface area (Å²) in [5.74, 6) is 0. The van der Waals surface area contributed by atoms with Crippen LogP contribution in [0.1, 0.15) is 0 Å². The second-order valence-electron chi connectivity index (χ2n) is 2.31. The lowest BCUT2D eigenvalue weighted by Gasteiger charge is -2.04. The highest BCUT2D eigenvalue weighted by Crippen LogP contribution is 2.22. The Kier molecular flexibility index (Phi) is 4.05. The van der Waals surface area contributed by atoms with Gasteiger partial charge in [0, 0.05) is 21.2 Å². The highest BCUT2D eigenvalue weighted by molar-refractivity contribution is 9.11. The van der Waals surface area contributed by atoms with E-state index in [0.717, 1.165) is 14.6 Å². The summed E-state index contributed by atoms with van der Waals surface area (Å²) >= 11 is 6.74. The molecule has 0 fully saturated rings. The van der Waals surface area contributed by atoms with Crippen LogP contribution in [0.3, 0.4) is 0 Å². The van der Waals surface area contributed by atoms with Crippen molar-refractivity contribution >= 4 is 37.5 Å². The van der Waals surface area contributed by atoms with Gasteiger partial charge in [-0.3, -0.25) is 0 Å². The number of hydrogen-bond acceptors (Lipinski definition) is 2. The lowest BCUT2D eigenvalue weighted by atomic mass is 10.3. The van der Waals surface area contributed by atoms with Gasteiger partial charge in [0.25, 0.3) is 0 Å². The normalized spacial score (nSPS) is 9.92. The maximum absolute atomic E-state index is 8.58. The fourth-order valence-corrected chi connectivity index (χ4v) is 2.15. The molecule has 0 saturated carbocycles. The topological polar surface area (TPSA) is 32.3 Å². The van der Waals surface area contributed by atoms with E-state index in [4.69, 9.17) is 5.11 Å². The molecule has 0 unspecified atom stereocenters. The van der Waals surface area contributed by atoms with Crippen LogP contribution < -0.4 is 5.32 Å². The Bertz CT molecular complexity index is 245. The monoisotopic (exact) mass is 293 g/mol. The predicted octanol–water partition coefficient (Wildman–Crippen LogP) is 2.62. The van der Waals surface area contributed by atoms with Crippen LogP contribution in [-0.4, -0.2) is 18.3 Å². The second kappa shape index (κ2) is 4.84. The first-order valence-corrected chi connectivity index (χ1v) is 5.12. The fourth-order valence-electron chi connectivity index (χ4n) is 0.856. The van der Waals surface area contributed by atoms with Crippen molar-refractivity contribution in [3.63, 3.8) is 0 Å². The van der Waals surface area contributed by atoms with Crippen molar-refractivity contribution in [2.45, 2.75) is 0 Å². The van der Waals surface area contributed by atoms with Gasteiger partial charge in [-0.2, -0.15) is 0 Å². The van der Waals surface area contributed by atoms with E-state index in [-0.39, 0.29) is 6.61 Å². The number of aliphatic hydroxyl groups is 1. The average Bonchev–Trinajstić information content (AvgIpc) is 1.99. The summed E-state index contributed by atoms with van der Waals surface area (Å²) in [6, 6.07) is 5.88. The molecule has 1 aromatic rings. The summed E-state index contributed by atoms with van der Waals surface area (Å²) in [5, 5.41) is 11.6. The summed E-state index contributed by atoms with van der Waals surface area (Å²) in [6.45, 7) is 0.715. The maximum atomic E-state index is 8.58. The Labute approximate surface area is 88.2 Å². The molecule has 0 heterocycles. The summed E-state index contributed by atoms with van der Waals surface area (Å²) in [5.41, 5.74) is 0.991. The van der Waals surface area contributed by atoms with Gasteiger partial charge in [-0.1, -0.05) is 31.9 Å². The zero-order valence-corrected chi connectivity index (χ0v) is 9.52. The van der Waals surface area contributed by atoms with Crippen molar-refractivity contribution in [3.05, 3.63) is 27.1 Å². The molecule has 2 nitrogen and oxygen atoms in total. The van der Waals surface area contributed by atoms with E-state index in [0.29, 0.717) is 6.54 Å². The van der Waals surface area contributed by atoms with E-state index in [1.807, 2.05) is 18.2 Å². The van der Waals surface area contributed by atoms with Gasteiger partial charge in [-0.05, 0) is 18.2 Å². The minimum absolute atomic E-state index is 0.143. The lowest BCUT2D eigenvalue weighted by Crippen LogP contribution is -2.05. The molecule has 0 aliphatic heterocycles. The number of anilines is 1. The van der Waals surface area contributed by atoms with Gasteiger partial charge in [0.15, 0.2) is 0 Å². The summed E-state index contributed by atoms with van der Waals surface area (Å²) < 4.78 is 2.02. The van der Waals surface area contributed by atoms with Crippen molar-refractivity contribution in [2.24, 2.45) is 0 Å². The molecule has 0 spiro atoms. The minimum Gasteiger partial charge on any atom is -0.395 e. The van der Waals surface area contributed by atoms with Crippen molar-refractivity contribution in [3.8, 4) is 0 Å². The van der Waals surface area contributed by atoms with Crippen LogP contribution in [0.4, 0.5) is 5.69 Å². The van der Waals surface area contributed by atoms with Crippen molar-refractivity contribution in [2.75, 3.05) is 18.5 Å². The standard InChI is InChI=1S/C8H9Br2NO/c9-6-3-7(10)5-8(4-6)11-1-2-12/h3-5,11-12H,1-2H2. The Balaban J connectivity index is 2.72. The number of hydrogen-bond donors (Lipinski definition) is 2. The molecular weight excluding hydrogens is 286 g/mol. The second-order valence-corrected chi connectivity index (χ2v) is 4.14. The van der Waals surface area contributed by atoms with Gasteiger partial charge in [0.05, 0.1) is 6.61 Å². The molecule has 0 aliphatic rings. The van der Waals surface area contributed by atoms with E-state index in [9.17, 15) is 0 Å². The molecule has 0 atom stereocenters. The number of benzene rings is 1. The molecule has 4 heteroatoms. The molecule has 0 radical (unpaired) electrons. The van der Waals surface area contributed by atoms with Crippen molar-refractivity contribution < 1.29 is 5.11 Å². The van der Waals surface area contributed by atoms with Gasteiger partial charge >= 0.3 is 0 Å². The number of aliphatic hydroxyl groups excluding tert-OH is 1. The van der Waals surface area contributed by atoms with Gasteiger partial charge < -0.3 is 10.4 Å². The molecular formula is C8H9Br2NO. The van der Waals surface area contributed by atoms with E-state index in [2.05, 4.69) is 37.2 Å². The fraction of sp³-hybridized carbons (Fsp3) is 0.250. The van der Waals surface area contributed by atoms with E-state index in [1.54, 1.807) is 0 Å². The van der Waals surface area contributed by atoms with E-state index >= 15 is 0 Å². The molecule has 0 amide bonds. The average molecular weight is 295 g/mol. The summed E-state index contributed by atoms with van der Waals surface area (Å²) in [6.07, 6.45) is 0. The quantitative estimate of drug-likeness (QED) is 0.898. The van der Waals surface area contributed by atoms with Gasteiger partial charge in [-0.25, -0.2) is 0 Å². The van der Waals surface area contributed by atoms with Crippen LogP contribution in [0.2, 0.25) is 0 Å². The van der Waals surface area contributed by atoms with Crippen LogP contribution in [-0.2, 0) is 0 Å². The third kappa shape index (κ3) is 3.13. The SMILES string of the molecule is OCCNc1cc(Br)cc(Br)c1. The van der Waals surface area contributed by atoms with E-state index in [1.165, 1.54) is 0 Å². The molecule has 1 rings (SSSR count). The van der Waals surface area contributed by atoms with E-state index < -0.39 is 0 Å². The number of nitrogens with one attached hydrogen (secondary N) is 1. The van der Waals surface area contributed by atoms with Crippen LogP contribution in [0, 0.1) is 0 Å². The predicted molar refractivity (Wildman–Crippen MR) is 57.4 cm³/mol. The Morgan fingerprint density at radius 1 is 1.17 bits per heavy atom. The van der Waals surface area contributed by atoms with Crippen LogP contribution >= 0.6 is 31.9 Å².